The van der Waals surface area contributed by atoms with Crippen molar-refractivity contribution in [2.45, 2.75) is 43.9 Å². The Hall–Kier alpha value is -3.40. The molecule has 2 fully saturated rings. The molecule has 2 heterocycles. The highest BCUT2D eigenvalue weighted by Gasteiger charge is 2.44. The van der Waals surface area contributed by atoms with Gasteiger partial charge in [-0.3, -0.25) is 14.4 Å². The zero-order valence-electron chi connectivity index (χ0n) is 19.1. The van der Waals surface area contributed by atoms with Gasteiger partial charge in [0, 0.05) is 28.8 Å². The standard InChI is InChI=1S/C25H27BrN4O5/c26-17-10-12-18(13-11-17)28-22(31)19-8-4-14-29(19)23(32)20-9-5-15-30(20)24(33)21(35-25(27)34)16-6-2-1-3-7-16/h1-3,6-7,10-13,19-21H,4-5,8-9,14-15H2,(H2,27,34)(H,28,31)/t19-,20-,21+/m0/s1. The molecule has 2 aliphatic heterocycles. The van der Waals surface area contributed by atoms with E-state index in [0.717, 1.165) is 4.47 Å². The van der Waals surface area contributed by atoms with Gasteiger partial charge < -0.3 is 25.6 Å². The molecule has 2 aromatic rings. The summed E-state index contributed by atoms with van der Waals surface area (Å²) in [5, 5.41) is 2.88. The molecule has 2 aliphatic rings. The van der Waals surface area contributed by atoms with Gasteiger partial charge in [-0.2, -0.15) is 0 Å². The summed E-state index contributed by atoms with van der Waals surface area (Å²) in [4.78, 5) is 54.5. The summed E-state index contributed by atoms with van der Waals surface area (Å²) in [7, 11) is 0. The van der Waals surface area contributed by atoms with Crippen LogP contribution in [-0.2, 0) is 19.1 Å². The van der Waals surface area contributed by atoms with Crippen LogP contribution in [0.2, 0.25) is 0 Å². The number of amides is 4. The number of anilines is 1. The van der Waals surface area contributed by atoms with Gasteiger partial charge in [0.15, 0.2) is 0 Å². The Morgan fingerprint density at radius 2 is 1.54 bits per heavy atom. The minimum absolute atomic E-state index is 0.256. The number of nitrogens with zero attached hydrogens (tertiary/aromatic N) is 2. The highest BCUT2D eigenvalue weighted by Crippen LogP contribution is 2.29. The number of benzene rings is 2. The molecule has 9 nitrogen and oxygen atoms in total. The minimum atomic E-state index is -1.24. The molecule has 0 spiro atoms. The molecule has 0 bridgehead atoms. The van der Waals surface area contributed by atoms with Gasteiger partial charge in [0.1, 0.15) is 12.1 Å². The third-order valence-electron chi connectivity index (χ3n) is 6.33. The van der Waals surface area contributed by atoms with E-state index in [9.17, 15) is 19.2 Å². The van der Waals surface area contributed by atoms with Gasteiger partial charge in [0.05, 0.1) is 0 Å². The van der Waals surface area contributed by atoms with Gasteiger partial charge in [0.2, 0.25) is 17.9 Å². The van der Waals surface area contributed by atoms with Gasteiger partial charge in [-0.25, -0.2) is 4.79 Å². The molecule has 35 heavy (non-hydrogen) atoms. The van der Waals surface area contributed by atoms with E-state index in [1.54, 1.807) is 47.4 Å². The van der Waals surface area contributed by atoms with Gasteiger partial charge in [-0.15, -0.1) is 0 Å². The Balaban J connectivity index is 1.49. The highest BCUT2D eigenvalue weighted by molar-refractivity contribution is 9.10. The van der Waals surface area contributed by atoms with E-state index in [1.807, 2.05) is 12.1 Å². The predicted octanol–water partition coefficient (Wildman–Crippen LogP) is 3.21. The molecule has 2 saturated heterocycles. The van der Waals surface area contributed by atoms with Crippen molar-refractivity contribution in [1.29, 1.82) is 0 Å². The Kier molecular flexibility index (Phi) is 7.70. The molecule has 0 unspecified atom stereocenters. The zero-order chi connectivity index (χ0) is 24.9. The van der Waals surface area contributed by atoms with Crippen LogP contribution < -0.4 is 11.1 Å². The van der Waals surface area contributed by atoms with Crippen molar-refractivity contribution >= 4 is 45.4 Å². The maximum Gasteiger partial charge on any atom is 0.405 e. The van der Waals surface area contributed by atoms with Crippen molar-refractivity contribution in [3.05, 3.63) is 64.6 Å². The Labute approximate surface area is 211 Å². The quantitative estimate of drug-likeness (QED) is 0.580. The van der Waals surface area contributed by atoms with Crippen LogP contribution in [0.1, 0.15) is 37.4 Å². The summed E-state index contributed by atoms with van der Waals surface area (Å²) in [6, 6.07) is 14.4. The van der Waals surface area contributed by atoms with Crippen LogP contribution in [-0.4, -0.2) is 58.8 Å². The largest absolute Gasteiger partial charge is 0.431 e. The number of rotatable bonds is 6. The number of ether oxygens (including phenoxy) is 1. The number of halogens is 1. The summed E-state index contributed by atoms with van der Waals surface area (Å²) < 4.78 is 6.05. The zero-order valence-corrected chi connectivity index (χ0v) is 20.6. The summed E-state index contributed by atoms with van der Waals surface area (Å²) in [6.45, 7) is 0.792. The van der Waals surface area contributed by atoms with Crippen molar-refractivity contribution in [1.82, 2.24) is 9.80 Å². The number of nitrogens with one attached hydrogen (secondary N) is 1. The fourth-order valence-corrected chi connectivity index (χ4v) is 4.96. The lowest BCUT2D eigenvalue weighted by molar-refractivity contribution is -0.150. The van der Waals surface area contributed by atoms with Crippen LogP contribution in [0, 0.1) is 0 Å². The first-order valence-corrected chi connectivity index (χ1v) is 12.3. The van der Waals surface area contributed by atoms with Crippen LogP contribution in [0.3, 0.4) is 0 Å². The van der Waals surface area contributed by atoms with E-state index in [-0.39, 0.29) is 11.8 Å². The van der Waals surface area contributed by atoms with E-state index in [0.29, 0.717) is 50.0 Å². The molecule has 0 saturated carbocycles. The lowest BCUT2D eigenvalue weighted by Crippen LogP contribution is -2.52. The second-order valence-corrected chi connectivity index (χ2v) is 9.52. The monoisotopic (exact) mass is 542 g/mol. The van der Waals surface area contributed by atoms with E-state index in [1.165, 1.54) is 4.90 Å². The molecule has 4 rings (SSSR count). The van der Waals surface area contributed by atoms with E-state index in [2.05, 4.69) is 21.2 Å². The first kappa shape index (κ1) is 24.7. The minimum Gasteiger partial charge on any atom is -0.431 e. The van der Waals surface area contributed by atoms with E-state index >= 15 is 0 Å². The molecule has 3 atom stereocenters. The van der Waals surface area contributed by atoms with Crippen LogP contribution in [0.25, 0.3) is 0 Å². The predicted molar refractivity (Wildman–Crippen MR) is 132 cm³/mol. The molecule has 0 radical (unpaired) electrons. The fourth-order valence-electron chi connectivity index (χ4n) is 4.70. The Morgan fingerprint density at radius 3 is 2.20 bits per heavy atom. The maximum atomic E-state index is 13.6. The number of primary amides is 1. The van der Waals surface area contributed by atoms with Gasteiger partial charge in [-0.05, 0) is 49.9 Å². The lowest BCUT2D eigenvalue weighted by atomic mass is 10.1. The third-order valence-corrected chi connectivity index (χ3v) is 6.86. The van der Waals surface area contributed by atoms with Gasteiger partial charge >= 0.3 is 6.09 Å². The summed E-state index contributed by atoms with van der Waals surface area (Å²) in [5.74, 6) is -1.02. The molecule has 10 heteroatoms. The molecule has 0 aromatic heterocycles. The van der Waals surface area contributed by atoms with Crippen molar-refractivity contribution in [3.63, 3.8) is 0 Å². The molecular weight excluding hydrogens is 516 g/mol. The first-order valence-electron chi connectivity index (χ1n) is 11.5. The molecule has 2 aromatic carbocycles. The summed E-state index contributed by atoms with van der Waals surface area (Å²) in [5.41, 5.74) is 6.35. The molecule has 4 amide bonds. The van der Waals surface area contributed by atoms with Gasteiger partial charge in [0.25, 0.3) is 5.91 Å². The van der Waals surface area contributed by atoms with Gasteiger partial charge in [-0.1, -0.05) is 46.3 Å². The highest BCUT2D eigenvalue weighted by atomic mass is 79.9. The molecular formula is C25H27BrN4O5. The average Bonchev–Trinajstić information content (AvgIpc) is 3.54. The molecule has 3 N–H and O–H groups in total. The topological polar surface area (TPSA) is 122 Å². The summed E-state index contributed by atoms with van der Waals surface area (Å²) >= 11 is 3.37. The summed E-state index contributed by atoms with van der Waals surface area (Å²) in [6.07, 6.45) is 0.0362. The van der Waals surface area contributed by atoms with Crippen molar-refractivity contribution in [3.8, 4) is 0 Å². The van der Waals surface area contributed by atoms with Crippen molar-refractivity contribution in [2.75, 3.05) is 18.4 Å². The number of likely N-dealkylation sites (tertiary alicyclic amines) is 2. The number of carbonyl (C=O) groups excluding carboxylic acids is 4. The van der Waals surface area contributed by atoms with Crippen LogP contribution in [0.5, 0.6) is 0 Å². The molecule has 184 valence electrons. The Morgan fingerprint density at radius 1 is 0.914 bits per heavy atom. The number of hydrogen-bond acceptors (Lipinski definition) is 5. The van der Waals surface area contributed by atoms with Crippen LogP contribution >= 0.6 is 15.9 Å². The number of carbonyl (C=O) groups is 4. The van der Waals surface area contributed by atoms with Crippen LogP contribution in [0.4, 0.5) is 10.5 Å². The van der Waals surface area contributed by atoms with Crippen molar-refractivity contribution in [2.24, 2.45) is 5.73 Å². The van der Waals surface area contributed by atoms with Crippen LogP contribution in [0.15, 0.2) is 59.1 Å². The number of nitrogens with two attached hydrogens (primary N) is 1. The molecule has 0 aliphatic carbocycles. The second-order valence-electron chi connectivity index (χ2n) is 8.60. The smallest absolute Gasteiger partial charge is 0.405 e. The fraction of sp³-hybridized carbons (Fsp3) is 0.360. The lowest BCUT2D eigenvalue weighted by Gasteiger charge is -2.32. The van der Waals surface area contributed by atoms with Crippen molar-refractivity contribution < 1.29 is 23.9 Å². The second kappa shape index (κ2) is 10.9. The number of hydrogen-bond donors (Lipinski definition) is 2. The Bertz CT molecular complexity index is 1090. The normalized spacial score (nSPS) is 20.4. The average molecular weight is 543 g/mol. The van der Waals surface area contributed by atoms with E-state index < -0.39 is 30.2 Å². The third kappa shape index (κ3) is 5.64. The maximum absolute atomic E-state index is 13.6. The first-order chi connectivity index (χ1) is 16.8. The SMILES string of the molecule is NC(=O)O[C@@H](C(=O)N1CCC[C@H]1C(=O)N1CCC[C@H]1C(=O)Nc1ccc(Br)cc1)c1ccccc1. The van der Waals surface area contributed by atoms with E-state index in [4.69, 9.17) is 10.5 Å².